The van der Waals surface area contributed by atoms with Crippen LogP contribution in [0.2, 0.25) is 0 Å². The molecule has 0 spiro atoms. The quantitative estimate of drug-likeness (QED) is 0.475. The molecule has 0 aliphatic rings. The molecule has 0 aromatic heterocycles. The predicted molar refractivity (Wildman–Crippen MR) is 89.8 cm³/mol. The predicted octanol–water partition coefficient (Wildman–Crippen LogP) is 2.18. The van der Waals surface area contributed by atoms with Gasteiger partial charge >= 0.3 is 0 Å². The van der Waals surface area contributed by atoms with E-state index in [0.29, 0.717) is 19.3 Å². The van der Waals surface area contributed by atoms with Crippen LogP contribution in [0.3, 0.4) is 0 Å². The summed E-state index contributed by atoms with van der Waals surface area (Å²) in [6, 6.07) is 6.62. The van der Waals surface area contributed by atoms with E-state index < -0.39 is 0 Å². The zero-order valence-electron chi connectivity index (χ0n) is 14.1. The molecule has 1 aromatic carbocycles. The lowest BCUT2D eigenvalue weighted by molar-refractivity contribution is -0.687. The van der Waals surface area contributed by atoms with E-state index in [4.69, 9.17) is 14.2 Å². The fraction of sp³-hybridized carbons (Fsp3) is 0.556. The molecule has 1 rings (SSSR count). The van der Waals surface area contributed by atoms with Crippen molar-refractivity contribution in [3.8, 4) is 11.5 Å². The molecule has 22 heavy (non-hydrogen) atoms. The van der Waals surface area contributed by atoms with Crippen LogP contribution in [0.4, 0.5) is 0 Å². The van der Waals surface area contributed by atoms with Gasteiger partial charge in [0.05, 0.1) is 32.9 Å². The van der Waals surface area contributed by atoms with Gasteiger partial charge < -0.3 is 19.5 Å². The summed E-state index contributed by atoms with van der Waals surface area (Å²) in [5.41, 5.74) is 1.16. The maximum absolute atomic E-state index is 5.72. The second kappa shape index (κ2) is 11.1. The van der Waals surface area contributed by atoms with Crippen molar-refractivity contribution in [2.24, 2.45) is 0 Å². The molecule has 4 heteroatoms. The van der Waals surface area contributed by atoms with Crippen LogP contribution in [0.25, 0.3) is 0 Å². The van der Waals surface area contributed by atoms with Gasteiger partial charge in [0.15, 0.2) is 11.5 Å². The van der Waals surface area contributed by atoms with Crippen LogP contribution in [-0.4, -0.2) is 39.5 Å². The SMILES string of the molecule is C=CCc1ccc(OCCOCC[NH2+][C@H](C)CC)c(OC)c1. The van der Waals surface area contributed by atoms with Crippen LogP contribution < -0.4 is 14.8 Å². The molecule has 0 amide bonds. The fourth-order valence-corrected chi connectivity index (χ4v) is 2.04. The maximum Gasteiger partial charge on any atom is 0.161 e. The normalized spacial score (nSPS) is 12.0. The van der Waals surface area contributed by atoms with Gasteiger partial charge in [0.2, 0.25) is 0 Å². The molecule has 1 aromatic rings. The Morgan fingerprint density at radius 1 is 1.23 bits per heavy atom. The van der Waals surface area contributed by atoms with E-state index in [-0.39, 0.29) is 0 Å². The smallest absolute Gasteiger partial charge is 0.161 e. The highest BCUT2D eigenvalue weighted by atomic mass is 16.5. The van der Waals surface area contributed by atoms with Crippen LogP contribution in [0.15, 0.2) is 30.9 Å². The summed E-state index contributed by atoms with van der Waals surface area (Å²) < 4.78 is 16.7. The molecule has 124 valence electrons. The molecule has 4 nitrogen and oxygen atoms in total. The number of quaternary nitrogens is 1. The first-order valence-electron chi connectivity index (χ1n) is 8.02. The minimum Gasteiger partial charge on any atom is -0.493 e. The van der Waals surface area contributed by atoms with Gasteiger partial charge in [-0.05, 0) is 37.5 Å². The van der Waals surface area contributed by atoms with Gasteiger partial charge in [0, 0.05) is 0 Å². The summed E-state index contributed by atoms with van der Waals surface area (Å²) in [7, 11) is 1.65. The van der Waals surface area contributed by atoms with Crippen LogP contribution in [0, 0.1) is 0 Å². The van der Waals surface area contributed by atoms with Crippen molar-refractivity contribution in [1.82, 2.24) is 0 Å². The number of allylic oxidation sites excluding steroid dienone is 1. The van der Waals surface area contributed by atoms with Gasteiger partial charge in [-0.15, -0.1) is 6.58 Å². The highest BCUT2D eigenvalue weighted by Gasteiger charge is 2.05. The molecule has 0 saturated heterocycles. The van der Waals surface area contributed by atoms with Crippen molar-refractivity contribution in [3.05, 3.63) is 36.4 Å². The molecule has 0 fully saturated rings. The van der Waals surface area contributed by atoms with E-state index in [2.05, 4.69) is 25.7 Å². The van der Waals surface area contributed by atoms with Gasteiger partial charge in [0.25, 0.3) is 0 Å². The molecule has 2 N–H and O–H groups in total. The summed E-state index contributed by atoms with van der Waals surface area (Å²) in [6.07, 6.45) is 3.89. The number of nitrogens with two attached hydrogens (primary N) is 1. The van der Waals surface area contributed by atoms with Gasteiger partial charge in [0.1, 0.15) is 6.61 Å². The largest absolute Gasteiger partial charge is 0.493 e. The Kier molecular flexibility index (Phi) is 9.35. The Morgan fingerprint density at radius 2 is 2.05 bits per heavy atom. The third-order valence-electron chi connectivity index (χ3n) is 3.57. The third kappa shape index (κ3) is 6.96. The molecule has 0 aliphatic carbocycles. The average Bonchev–Trinajstić information content (AvgIpc) is 2.54. The minimum absolute atomic E-state index is 0.528. The van der Waals surface area contributed by atoms with Gasteiger partial charge in [-0.25, -0.2) is 0 Å². The van der Waals surface area contributed by atoms with Crippen LogP contribution in [-0.2, 0) is 11.2 Å². The van der Waals surface area contributed by atoms with E-state index in [0.717, 1.165) is 36.6 Å². The first kappa shape index (κ1) is 18.5. The van der Waals surface area contributed by atoms with Crippen LogP contribution in [0.1, 0.15) is 25.8 Å². The number of benzene rings is 1. The van der Waals surface area contributed by atoms with Crippen molar-refractivity contribution in [2.75, 3.05) is 33.5 Å². The van der Waals surface area contributed by atoms with Crippen molar-refractivity contribution in [3.63, 3.8) is 0 Å². The van der Waals surface area contributed by atoms with Crippen molar-refractivity contribution >= 4 is 0 Å². The van der Waals surface area contributed by atoms with Gasteiger partial charge in [-0.3, -0.25) is 0 Å². The van der Waals surface area contributed by atoms with E-state index in [1.54, 1.807) is 7.11 Å². The monoisotopic (exact) mass is 308 g/mol. The van der Waals surface area contributed by atoms with Crippen LogP contribution in [0.5, 0.6) is 11.5 Å². The molecule has 0 radical (unpaired) electrons. The number of hydrogen-bond donors (Lipinski definition) is 1. The molecular formula is C18H30NO3+. The first-order valence-corrected chi connectivity index (χ1v) is 8.02. The Hall–Kier alpha value is -1.52. The van der Waals surface area contributed by atoms with Crippen molar-refractivity contribution < 1.29 is 19.5 Å². The van der Waals surface area contributed by atoms with Gasteiger partial charge in [-0.2, -0.15) is 0 Å². The number of rotatable bonds is 12. The molecule has 0 bridgehead atoms. The fourth-order valence-electron chi connectivity index (χ4n) is 2.04. The zero-order chi connectivity index (χ0) is 16.2. The highest BCUT2D eigenvalue weighted by molar-refractivity contribution is 5.43. The Labute approximate surface area is 134 Å². The topological polar surface area (TPSA) is 44.3 Å². The van der Waals surface area contributed by atoms with Crippen LogP contribution >= 0.6 is 0 Å². The number of hydrogen-bond acceptors (Lipinski definition) is 3. The molecular weight excluding hydrogens is 278 g/mol. The third-order valence-corrected chi connectivity index (χ3v) is 3.57. The summed E-state index contributed by atoms with van der Waals surface area (Å²) in [5.74, 6) is 1.51. The number of methoxy groups -OCH3 is 1. The molecule has 0 aliphatic heterocycles. The van der Waals surface area contributed by atoms with E-state index in [1.165, 1.54) is 6.42 Å². The second-order valence-electron chi connectivity index (χ2n) is 5.35. The zero-order valence-corrected chi connectivity index (χ0v) is 14.1. The van der Waals surface area contributed by atoms with E-state index >= 15 is 0 Å². The Morgan fingerprint density at radius 3 is 2.73 bits per heavy atom. The maximum atomic E-state index is 5.72. The highest BCUT2D eigenvalue weighted by Crippen LogP contribution is 2.28. The lowest BCUT2D eigenvalue weighted by Crippen LogP contribution is -2.90. The molecule has 0 saturated carbocycles. The van der Waals surface area contributed by atoms with Crippen molar-refractivity contribution in [1.29, 1.82) is 0 Å². The summed E-state index contributed by atoms with van der Waals surface area (Å²) in [5, 5.41) is 2.31. The first-order chi connectivity index (χ1) is 10.7. The lowest BCUT2D eigenvalue weighted by atomic mass is 10.1. The van der Waals surface area contributed by atoms with Crippen molar-refractivity contribution in [2.45, 2.75) is 32.7 Å². The minimum atomic E-state index is 0.528. The lowest BCUT2D eigenvalue weighted by Gasteiger charge is -2.12. The number of ether oxygens (including phenoxy) is 3. The molecule has 0 heterocycles. The van der Waals surface area contributed by atoms with E-state index in [9.17, 15) is 0 Å². The Bertz CT molecular complexity index is 434. The summed E-state index contributed by atoms with van der Waals surface area (Å²) >= 11 is 0. The Balaban J connectivity index is 2.25. The summed E-state index contributed by atoms with van der Waals surface area (Å²) in [4.78, 5) is 0. The van der Waals surface area contributed by atoms with E-state index in [1.807, 2.05) is 24.3 Å². The average molecular weight is 308 g/mol. The molecule has 1 atom stereocenters. The summed E-state index contributed by atoms with van der Waals surface area (Å²) in [6.45, 7) is 11.0. The van der Waals surface area contributed by atoms with Gasteiger partial charge in [-0.1, -0.05) is 19.1 Å². The molecule has 0 unspecified atom stereocenters. The second-order valence-corrected chi connectivity index (χ2v) is 5.35. The standard InChI is InChI=1S/C18H29NO3/c1-5-7-16-8-9-17(18(14-16)20-4)22-13-12-21-11-10-19-15(3)6-2/h5,8-9,14-15,19H,1,6-7,10-13H2,2-4H3/p+1/t15-/m1/s1.